The smallest absolute Gasteiger partial charge is 0.293 e. The highest BCUT2D eigenvalue weighted by Crippen LogP contribution is 2.29. The van der Waals surface area contributed by atoms with Crippen LogP contribution in [-0.4, -0.2) is 20.8 Å². The third kappa shape index (κ3) is 4.45. The van der Waals surface area contributed by atoms with E-state index in [0.29, 0.717) is 10.8 Å². The van der Waals surface area contributed by atoms with Gasteiger partial charge in [0, 0.05) is 28.9 Å². The molecule has 0 spiro atoms. The Bertz CT molecular complexity index is 974. The maximum atomic E-state index is 12.4. The molecule has 0 saturated carbocycles. The first kappa shape index (κ1) is 18.5. The summed E-state index contributed by atoms with van der Waals surface area (Å²) in [4.78, 5) is 32.6. The Hall–Kier alpha value is -3.33. The third-order valence-corrected chi connectivity index (χ3v) is 4.63. The van der Waals surface area contributed by atoms with Gasteiger partial charge < -0.3 is 5.32 Å². The van der Waals surface area contributed by atoms with Crippen molar-refractivity contribution in [1.29, 1.82) is 0 Å². The quantitative estimate of drug-likeness (QED) is 0.488. The van der Waals surface area contributed by atoms with E-state index in [4.69, 9.17) is 0 Å². The minimum atomic E-state index is -0.516. The minimum absolute atomic E-state index is 0.180. The lowest BCUT2D eigenvalue weighted by atomic mass is 10.1. The molecule has 9 heteroatoms. The first-order valence-corrected chi connectivity index (χ1v) is 8.95. The van der Waals surface area contributed by atoms with Crippen molar-refractivity contribution in [3.8, 4) is 0 Å². The van der Waals surface area contributed by atoms with Crippen LogP contribution in [-0.2, 0) is 0 Å². The van der Waals surface area contributed by atoms with Crippen LogP contribution in [0.5, 0.6) is 0 Å². The number of hydrogen-bond acceptors (Lipinski definition) is 7. The minimum Gasteiger partial charge on any atom is -0.371 e. The van der Waals surface area contributed by atoms with Gasteiger partial charge in [-0.15, -0.1) is 11.3 Å². The SMILES string of the molecule is Cc1cnc(NC(=O)c2ccc(NC(C)c3ccccn3)c([N+](=O)[O-])c2)s1. The number of nitrogens with zero attached hydrogens (tertiary/aromatic N) is 3. The van der Waals surface area contributed by atoms with E-state index in [-0.39, 0.29) is 17.3 Å². The fourth-order valence-electron chi connectivity index (χ4n) is 2.47. The van der Waals surface area contributed by atoms with Crippen molar-refractivity contribution < 1.29 is 9.72 Å². The van der Waals surface area contributed by atoms with Crippen LogP contribution in [0.15, 0.2) is 48.8 Å². The molecular weight excluding hydrogens is 366 g/mol. The maximum absolute atomic E-state index is 12.4. The van der Waals surface area contributed by atoms with E-state index in [9.17, 15) is 14.9 Å². The monoisotopic (exact) mass is 383 g/mol. The number of aryl methyl sites for hydroxylation is 1. The summed E-state index contributed by atoms with van der Waals surface area (Å²) < 4.78 is 0. The molecule has 0 aliphatic carbocycles. The molecule has 1 unspecified atom stereocenters. The van der Waals surface area contributed by atoms with E-state index in [1.165, 1.54) is 29.5 Å². The number of amides is 1. The molecule has 0 aliphatic heterocycles. The summed E-state index contributed by atoms with van der Waals surface area (Å²) in [5.41, 5.74) is 1.08. The number of aromatic nitrogens is 2. The first-order chi connectivity index (χ1) is 12.9. The van der Waals surface area contributed by atoms with Crippen molar-refractivity contribution >= 4 is 33.8 Å². The van der Waals surface area contributed by atoms with Crippen LogP contribution in [0.25, 0.3) is 0 Å². The number of anilines is 2. The molecule has 2 heterocycles. The molecule has 0 aliphatic rings. The number of nitro groups is 1. The first-order valence-electron chi connectivity index (χ1n) is 8.13. The van der Waals surface area contributed by atoms with Crippen molar-refractivity contribution in [2.24, 2.45) is 0 Å². The Labute approximate surface area is 159 Å². The van der Waals surface area contributed by atoms with Crippen LogP contribution >= 0.6 is 11.3 Å². The van der Waals surface area contributed by atoms with Gasteiger partial charge >= 0.3 is 0 Å². The Morgan fingerprint density at radius 1 is 1.26 bits per heavy atom. The van der Waals surface area contributed by atoms with E-state index in [1.807, 2.05) is 26.0 Å². The summed E-state index contributed by atoms with van der Waals surface area (Å²) in [5, 5.41) is 17.7. The highest BCUT2D eigenvalue weighted by molar-refractivity contribution is 7.15. The summed E-state index contributed by atoms with van der Waals surface area (Å²) in [6.45, 7) is 3.73. The average Bonchev–Trinajstić information content (AvgIpc) is 3.07. The molecule has 27 heavy (non-hydrogen) atoms. The van der Waals surface area contributed by atoms with Crippen molar-refractivity contribution in [3.63, 3.8) is 0 Å². The Kier molecular flexibility index (Phi) is 5.41. The normalized spacial score (nSPS) is 11.6. The van der Waals surface area contributed by atoms with Crippen molar-refractivity contribution in [2.45, 2.75) is 19.9 Å². The standard InChI is InChI=1S/C18H17N5O3S/c1-11-10-20-18(27-11)22-17(24)13-6-7-15(16(9-13)23(25)26)21-12(2)14-5-3-4-8-19-14/h3-10,12,21H,1-2H3,(H,20,22,24). The number of nitrogens with one attached hydrogen (secondary N) is 2. The van der Waals surface area contributed by atoms with Crippen molar-refractivity contribution in [2.75, 3.05) is 10.6 Å². The molecule has 138 valence electrons. The lowest BCUT2D eigenvalue weighted by molar-refractivity contribution is -0.384. The van der Waals surface area contributed by atoms with Gasteiger partial charge in [0.05, 0.1) is 16.7 Å². The third-order valence-electron chi connectivity index (χ3n) is 3.80. The largest absolute Gasteiger partial charge is 0.371 e. The number of carbonyl (C=O) groups excluding carboxylic acids is 1. The van der Waals surface area contributed by atoms with Gasteiger partial charge in [0.25, 0.3) is 11.6 Å². The van der Waals surface area contributed by atoms with Gasteiger partial charge in [-0.2, -0.15) is 0 Å². The van der Waals surface area contributed by atoms with Crippen LogP contribution in [0.3, 0.4) is 0 Å². The van der Waals surface area contributed by atoms with Crippen molar-refractivity contribution in [1.82, 2.24) is 9.97 Å². The highest BCUT2D eigenvalue weighted by atomic mass is 32.1. The molecule has 1 amide bonds. The van der Waals surface area contributed by atoms with Crippen LogP contribution in [0.1, 0.15) is 33.9 Å². The molecule has 3 aromatic rings. The van der Waals surface area contributed by atoms with Gasteiger partial charge in [-0.1, -0.05) is 6.07 Å². The summed E-state index contributed by atoms with van der Waals surface area (Å²) in [6.07, 6.45) is 3.31. The molecule has 8 nitrogen and oxygen atoms in total. The van der Waals surface area contributed by atoms with Gasteiger partial charge in [0.2, 0.25) is 0 Å². The number of hydrogen-bond donors (Lipinski definition) is 2. The number of benzene rings is 1. The van der Waals surface area contributed by atoms with Gasteiger partial charge in [-0.25, -0.2) is 4.98 Å². The lowest BCUT2D eigenvalue weighted by Crippen LogP contribution is -2.13. The van der Waals surface area contributed by atoms with Crippen LogP contribution in [0.2, 0.25) is 0 Å². The summed E-state index contributed by atoms with van der Waals surface area (Å²) >= 11 is 1.33. The summed E-state index contributed by atoms with van der Waals surface area (Å²) in [5.74, 6) is -0.447. The average molecular weight is 383 g/mol. The second-order valence-corrected chi connectivity index (χ2v) is 7.07. The number of pyridine rings is 1. The molecule has 1 aromatic carbocycles. The van der Waals surface area contributed by atoms with Crippen LogP contribution in [0.4, 0.5) is 16.5 Å². The van der Waals surface area contributed by atoms with Crippen molar-refractivity contribution in [3.05, 3.63) is 75.0 Å². The zero-order chi connectivity index (χ0) is 19.4. The van der Waals surface area contributed by atoms with Gasteiger partial charge in [0.15, 0.2) is 5.13 Å². The zero-order valence-corrected chi connectivity index (χ0v) is 15.5. The van der Waals surface area contributed by atoms with E-state index in [1.54, 1.807) is 18.5 Å². The fraction of sp³-hybridized carbons (Fsp3) is 0.167. The maximum Gasteiger partial charge on any atom is 0.293 e. The predicted molar refractivity (Wildman–Crippen MR) is 104 cm³/mol. The van der Waals surface area contributed by atoms with Gasteiger partial charge in [-0.05, 0) is 38.1 Å². The highest BCUT2D eigenvalue weighted by Gasteiger charge is 2.20. The number of thiazole rings is 1. The zero-order valence-electron chi connectivity index (χ0n) is 14.7. The lowest BCUT2D eigenvalue weighted by Gasteiger charge is -2.15. The summed E-state index contributed by atoms with van der Waals surface area (Å²) in [6, 6.07) is 9.57. The summed E-state index contributed by atoms with van der Waals surface area (Å²) in [7, 11) is 0. The molecule has 2 N–H and O–H groups in total. The topological polar surface area (TPSA) is 110 Å². The van der Waals surface area contributed by atoms with Gasteiger partial charge in [0.1, 0.15) is 5.69 Å². The Morgan fingerprint density at radius 3 is 2.70 bits per heavy atom. The predicted octanol–water partition coefficient (Wildman–Crippen LogP) is 4.18. The van der Waals surface area contributed by atoms with E-state index < -0.39 is 10.8 Å². The van der Waals surface area contributed by atoms with E-state index in [2.05, 4.69) is 20.6 Å². The Morgan fingerprint density at radius 2 is 2.07 bits per heavy atom. The van der Waals surface area contributed by atoms with Crippen LogP contribution in [0, 0.1) is 17.0 Å². The second-order valence-electron chi connectivity index (χ2n) is 5.84. The molecule has 0 bridgehead atoms. The molecule has 2 aromatic heterocycles. The van der Waals surface area contributed by atoms with E-state index >= 15 is 0 Å². The molecule has 0 fully saturated rings. The van der Waals surface area contributed by atoms with Gasteiger partial charge in [-0.3, -0.25) is 25.2 Å². The molecule has 0 radical (unpaired) electrons. The second kappa shape index (κ2) is 7.92. The number of nitro benzene ring substituents is 1. The number of rotatable bonds is 6. The van der Waals surface area contributed by atoms with E-state index in [0.717, 1.165) is 10.6 Å². The number of carbonyl (C=O) groups is 1. The molecule has 0 saturated heterocycles. The fourth-order valence-corrected chi connectivity index (χ4v) is 3.13. The Balaban J connectivity index is 1.82. The van der Waals surface area contributed by atoms with Crippen LogP contribution < -0.4 is 10.6 Å². The molecule has 3 rings (SSSR count). The molecular formula is C18H17N5O3S. The molecule has 1 atom stereocenters.